The molecule has 0 saturated carbocycles. The van der Waals surface area contributed by atoms with Gasteiger partial charge >= 0.3 is 0 Å². The van der Waals surface area contributed by atoms with Crippen LogP contribution in [0.15, 0.2) is 28.3 Å². The van der Waals surface area contributed by atoms with E-state index in [4.69, 9.17) is 10.4 Å². The Morgan fingerprint density at radius 2 is 2.07 bits per heavy atom. The molecule has 0 spiro atoms. The van der Waals surface area contributed by atoms with Gasteiger partial charge in [0.2, 0.25) is 0 Å². The summed E-state index contributed by atoms with van der Waals surface area (Å²) in [5.74, 6) is 0.511. The molecule has 1 atom stereocenters. The van der Waals surface area contributed by atoms with Gasteiger partial charge < -0.3 is 5.41 Å². The Kier molecular flexibility index (Phi) is 2.18. The second-order valence-corrected chi connectivity index (χ2v) is 5.26. The first kappa shape index (κ1) is 10.3. The lowest BCUT2D eigenvalue weighted by Crippen LogP contribution is -2.33. The smallest absolute Gasteiger partial charge is 0.0646 e. The molecular formula is C13H18N2. The molecule has 1 N–H and O–H groups in total. The number of nitrogens with zero attached hydrogens (tertiary/aromatic N) is 1. The van der Waals surface area contributed by atoms with E-state index in [9.17, 15) is 0 Å². The van der Waals surface area contributed by atoms with E-state index in [1.165, 1.54) is 5.57 Å². The molecule has 0 bridgehead atoms. The minimum absolute atomic E-state index is 0.0424. The van der Waals surface area contributed by atoms with E-state index >= 15 is 0 Å². The fourth-order valence-corrected chi connectivity index (χ4v) is 2.54. The second-order valence-electron chi connectivity index (χ2n) is 5.26. The van der Waals surface area contributed by atoms with Crippen molar-refractivity contribution in [1.29, 1.82) is 5.41 Å². The highest BCUT2D eigenvalue weighted by molar-refractivity contribution is 6.23. The monoisotopic (exact) mass is 202 g/mol. The van der Waals surface area contributed by atoms with E-state index in [0.29, 0.717) is 11.6 Å². The number of allylic oxidation sites excluding steroid dienone is 4. The van der Waals surface area contributed by atoms with Crippen molar-refractivity contribution in [3.05, 3.63) is 23.3 Å². The van der Waals surface area contributed by atoms with Crippen LogP contribution in [0.25, 0.3) is 0 Å². The molecule has 0 aromatic rings. The highest BCUT2D eigenvalue weighted by Gasteiger charge is 2.32. The van der Waals surface area contributed by atoms with Crippen LogP contribution < -0.4 is 0 Å². The molecule has 1 aliphatic heterocycles. The van der Waals surface area contributed by atoms with Gasteiger partial charge in [-0.3, -0.25) is 4.99 Å². The van der Waals surface area contributed by atoms with Crippen LogP contribution in [0.3, 0.4) is 0 Å². The average molecular weight is 202 g/mol. The molecule has 0 aromatic carbocycles. The van der Waals surface area contributed by atoms with Crippen LogP contribution in [-0.2, 0) is 0 Å². The zero-order valence-corrected chi connectivity index (χ0v) is 9.89. The molecule has 0 saturated heterocycles. The Bertz CT molecular complexity index is 408. The Balaban J connectivity index is 2.53. The average Bonchev–Trinajstić information content (AvgIpc) is 2.06. The zero-order chi connectivity index (χ0) is 11.2. The minimum Gasteiger partial charge on any atom is -0.301 e. The summed E-state index contributed by atoms with van der Waals surface area (Å²) < 4.78 is 0. The topological polar surface area (TPSA) is 36.2 Å². The van der Waals surface area contributed by atoms with Crippen LogP contribution >= 0.6 is 0 Å². The molecule has 1 unspecified atom stereocenters. The highest BCUT2D eigenvalue weighted by atomic mass is 14.9. The van der Waals surface area contributed by atoms with Gasteiger partial charge in [-0.05, 0) is 56.4 Å². The molecule has 2 aliphatic rings. The van der Waals surface area contributed by atoms with Gasteiger partial charge in [0.1, 0.15) is 0 Å². The van der Waals surface area contributed by atoms with Crippen LogP contribution in [-0.4, -0.2) is 17.0 Å². The quantitative estimate of drug-likeness (QED) is 0.586. The van der Waals surface area contributed by atoms with Crippen LogP contribution in [0, 0.1) is 11.3 Å². The van der Waals surface area contributed by atoms with Crippen LogP contribution in [0.4, 0.5) is 0 Å². The molecule has 1 heterocycles. The molecule has 1 aliphatic carbocycles. The largest absolute Gasteiger partial charge is 0.301 e. The van der Waals surface area contributed by atoms with Crippen LogP contribution in [0.1, 0.15) is 34.1 Å². The van der Waals surface area contributed by atoms with E-state index in [1.54, 1.807) is 0 Å². The summed E-state index contributed by atoms with van der Waals surface area (Å²) in [4.78, 5) is 4.79. The number of hydrogen-bond donors (Lipinski definition) is 1. The summed E-state index contributed by atoms with van der Waals surface area (Å²) in [5, 5.41) is 7.72. The number of hydrogen-bond acceptors (Lipinski definition) is 2. The molecule has 0 aromatic heterocycles. The van der Waals surface area contributed by atoms with Crippen molar-refractivity contribution in [2.24, 2.45) is 10.9 Å². The van der Waals surface area contributed by atoms with Gasteiger partial charge in [0.15, 0.2) is 0 Å². The van der Waals surface area contributed by atoms with Gasteiger partial charge in [-0.1, -0.05) is 6.92 Å². The van der Waals surface area contributed by atoms with Gasteiger partial charge in [-0.15, -0.1) is 0 Å². The van der Waals surface area contributed by atoms with Crippen molar-refractivity contribution < 1.29 is 0 Å². The van der Waals surface area contributed by atoms with E-state index in [2.05, 4.69) is 27.7 Å². The third-order valence-electron chi connectivity index (χ3n) is 3.08. The maximum absolute atomic E-state index is 7.72. The maximum Gasteiger partial charge on any atom is 0.0646 e. The first-order valence-electron chi connectivity index (χ1n) is 5.48. The molecule has 2 nitrogen and oxygen atoms in total. The first-order valence-corrected chi connectivity index (χ1v) is 5.48. The van der Waals surface area contributed by atoms with Crippen LogP contribution in [0.2, 0.25) is 0 Å². The molecule has 2 rings (SSSR count). The van der Waals surface area contributed by atoms with Crippen molar-refractivity contribution in [3.63, 3.8) is 0 Å². The van der Waals surface area contributed by atoms with E-state index in [1.807, 2.05) is 12.2 Å². The number of fused-ring (bicyclic) bond motifs is 1. The predicted octanol–water partition coefficient (Wildman–Crippen LogP) is 3.15. The standard InChI is InChI=1S/C13H18N2/c1-8-5-10(14)6-11-9(2)7-13(3,4)15-12(8)11/h5-6,9,14H,7H2,1-4H3. The molecule has 2 heteroatoms. The van der Waals surface area contributed by atoms with E-state index in [0.717, 1.165) is 17.7 Å². The third kappa shape index (κ3) is 1.81. The summed E-state index contributed by atoms with van der Waals surface area (Å²) in [7, 11) is 0. The van der Waals surface area contributed by atoms with Crippen molar-refractivity contribution in [2.75, 3.05) is 0 Å². The van der Waals surface area contributed by atoms with Gasteiger partial charge in [-0.2, -0.15) is 0 Å². The molecule has 0 radical (unpaired) electrons. The number of rotatable bonds is 0. The normalized spacial score (nSPS) is 28.9. The molecule has 80 valence electrons. The molecule has 15 heavy (non-hydrogen) atoms. The third-order valence-corrected chi connectivity index (χ3v) is 3.08. The number of nitrogens with one attached hydrogen (secondary N) is 1. The Morgan fingerprint density at radius 3 is 2.73 bits per heavy atom. The Labute approximate surface area is 91.3 Å². The lowest BCUT2D eigenvalue weighted by molar-refractivity contribution is 0.406. The number of aliphatic imine (C=N–C) groups is 1. The lowest BCUT2D eigenvalue weighted by Gasteiger charge is -2.35. The second kappa shape index (κ2) is 3.16. The zero-order valence-electron chi connectivity index (χ0n) is 9.89. The van der Waals surface area contributed by atoms with Crippen molar-refractivity contribution in [2.45, 2.75) is 39.7 Å². The maximum atomic E-state index is 7.72. The van der Waals surface area contributed by atoms with E-state index in [-0.39, 0.29) is 5.54 Å². The summed E-state index contributed by atoms with van der Waals surface area (Å²) in [5.41, 5.74) is 4.15. The van der Waals surface area contributed by atoms with Gasteiger partial charge in [0, 0.05) is 0 Å². The van der Waals surface area contributed by atoms with Crippen molar-refractivity contribution in [3.8, 4) is 0 Å². The molecular weight excluding hydrogens is 184 g/mol. The Morgan fingerprint density at radius 1 is 1.40 bits per heavy atom. The predicted molar refractivity (Wildman–Crippen MR) is 64.9 cm³/mol. The van der Waals surface area contributed by atoms with Crippen molar-refractivity contribution >= 4 is 11.4 Å². The van der Waals surface area contributed by atoms with Gasteiger partial charge in [-0.25, -0.2) is 0 Å². The first-order chi connectivity index (χ1) is 6.89. The van der Waals surface area contributed by atoms with Gasteiger partial charge in [0.05, 0.1) is 17.0 Å². The minimum atomic E-state index is 0.0424. The van der Waals surface area contributed by atoms with Crippen LogP contribution in [0.5, 0.6) is 0 Å². The van der Waals surface area contributed by atoms with E-state index < -0.39 is 0 Å². The molecule has 0 fully saturated rings. The summed E-state index contributed by atoms with van der Waals surface area (Å²) in [6.45, 7) is 8.64. The fraction of sp³-hybridized carbons (Fsp3) is 0.538. The summed E-state index contributed by atoms with van der Waals surface area (Å²) in [6.07, 6.45) is 4.94. The Hall–Kier alpha value is -1.18. The van der Waals surface area contributed by atoms with Gasteiger partial charge in [0.25, 0.3) is 0 Å². The van der Waals surface area contributed by atoms with Crippen molar-refractivity contribution in [1.82, 2.24) is 0 Å². The molecule has 0 amide bonds. The SMILES string of the molecule is CC1=CC(=N)C=C2C1=NC(C)(C)CC2C. The highest BCUT2D eigenvalue weighted by Crippen LogP contribution is 2.35. The summed E-state index contributed by atoms with van der Waals surface area (Å²) >= 11 is 0. The fourth-order valence-electron chi connectivity index (χ4n) is 2.54. The lowest BCUT2D eigenvalue weighted by atomic mass is 9.77. The summed E-state index contributed by atoms with van der Waals surface area (Å²) in [6, 6.07) is 0.